The fourth-order valence-corrected chi connectivity index (χ4v) is 2.88. The fraction of sp³-hybridized carbons (Fsp3) is 0.333. The molecule has 0 spiro atoms. The number of methoxy groups -OCH3 is 1. The van der Waals surface area contributed by atoms with Crippen molar-refractivity contribution in [3.05, 3.63) is 65.7 Å². The van der Waals surface area contributed by atoms with Crippen molar-refractivity contribution in [1.82, 2.24) is 0 Å². The van der Waals surface area contributed by atoms with Gasteiger partial charge in [-0.05, 0) is 42.0 Å². The summed E-state index contributed by atoms with van der Waals surface area (Å²) in [6, 6.07) is 19.0. The monoisotopic (exact) mass is 268 g/mol. The summed E-state index contributed by atoms with van der Waals surface area (Å²) < 4.78 is 11.2. The first kappa shape index (κ1) is 13.2. The minimum absolute atomic E-state index is 0.194. The normalized spacial score (nSPS) is 22.4. The van der Waals surface area contributed by atoms with E-state index in [2.05, 4.69) is 42.5 Å². The molecule has 0 aromatic heterocycles. The summed E-state index contributed by atoms with van der Waals surface area (Å²) in [7, 11) is 1.69. The van der Waals surface area contributed by atoms with Crippen LogP contribution in [-0.4, -0.2) is 13.7 Å². The molecule has 3 rings (SSSR count). The zero-order valence-electron chi connectivity index (χ0n) is 11.8. The number of rotatable bonds is 3. The van der Waals surface area contributed by atoms with Crippen LogP contribution in [0.15, 0.2) is 54.6 Å². The molecule has 1 aliphatic heterocycles. The van der Waals surface area contributed by atoms with Crippen LogP contribution in [0.25, 0.3) is 0 Å². The van der Waals surface area contributed by atoms with Gasteiger partial charge in [0, 0.05) is 6.61 Å². The maximum atomic E-state index is 5.95. The van der Waals surface area contributed by atoms with Crippen molar-refractivity contribution < 1.29 is 9.47 Å². The van der Waals surface area contributed by atoms with Crippen molar-refractivity contribution in [3.63, 3.8) is 0 Å². The molecule has 1 saturated heterocycles. The lowest BCUT2D eigenvalue weighted by molar-refractivity contribution is 0.00525. The molecule has 1 heterocycles. The Morgan fingerprint density at radius 2 is 1.70 bits per heavy atom. The summed E-state index contributed by atoms with van der Waals surface area (Å²) in [5.41, 5.74) is 2.67. The van der Waals surface area contributed by atoms with Crippen LogP contribution in [0, 0.1) is 0 Å². The zero-order valence-corrected chi connectivity index (χ0v) is 11.8. The Hall–Kier alpha value is -1.80. The molecule has 0 saturated carbocycles. The maximum absolute atomic E-state index is 5.95. The van der Waals surface area contributed by atoms with Crippen LogP contribution in [0.4, 0.5) is 0 Å². The lowest BCUT2D eigenvalue weighted by Gasteiger charge is -2.30. The smallest absolute Gasteiger partial charge is 0.118 e. The highest BCUT2D eigenvalue weighted by molar-refractivity contribution is 5.29. The largest absolute Gasteiger partial charge is 0.497 e. The molecule has 104 valence electrons. The number of hydrogen-bond acceptors (Lipinski definition) is 2. The predicted octanol–water partition coefficient (Wildman–Crippen LogP) is 4.33. The Balaban J connectivity index is 1.74. The molecule has 1 fully saturated rings. The standard InChI is InChI=1S/C18H20O2/c1-19-17-9-7-15(8-10-17)18-13-16(11-12-20-18)14-5-3-2-4-6-14/h2-10,16,18H,11-13H2,1H3/t16-,18+/m0/s1. The van der Waals surface area contributed by atoms with Gasteiger partial charge in [-0.2, -0.15) is 0 Å². The van der Waals surface area contributed by atoms with E-state index in [-0.39, 0.29) is 6.10 Å². The minimum Gasteiger partial charge on any atom is -0.497 e. The molecule has 1 aliphatic rings. The van der Waals surface area contributed by atoms with Crippen LogP contribution in [0.5, 0.6) is 5.75 Å². The Morgan fingerprint density at radius 3 is 2.40 bits per heavy atom. The molecular formula is C18H20O2. The van der Waals surface area contributed by atoms with Gasteiger partial charge < -0.3 is 9.47 Å². The maximum Gasteiger partial charge on any atom is 0.118 e. The average molecular weight is 268 g/mol. The van der Waals surface area contributed by atoms with Gasteiger partial charge in [-0.1, -0.05) is 42.5 Å². The van der Waals surface area contributed by atoms with Crippen LogP contribution in [-0.2, 0) is 4.74 Å². The van der Waals surface area contributed by atoms with Gasteiger partial charge in [0.1, 0.15) is 5.75 Å². The van der Waals surface area contributed by atoms with Crippen molar-refractivity contribution in [2.75, 3.05) is 13.7 Å². The lowest BCUT2D eigenvalue weighted by atomic mass is 9.86. The van der Waals surface area contributed by atoms with Gasteiger partial charge in [-0.15, -0.1) is 0 Å². The zero-order chi connectivity index (χ0) is 13.8. The number of ether oxygens (including phenoxy) is 2. The van der Waals surface area contributed by atoms with Gasteiger partial charge in [0.2, 0.25) is 0 Å². The third-order valence-corrected chi connectivity index (χ3v) is 4.04. The van der Waals surface area contributed by atoms with Gasteiger partial charge in [0.15, 0.2) is 0 Å². The van der Waals surface area contributed by atoms with E-state index in [9.17, 15) is 0 Å². The highest BCUT2D eigenvalue weighted by Crippen LogP contribution is 2.37. The Morgan fingerprint density at radius 1 is 0.950 bits per heavy atom. The van der Waals surface area contributed by atoms with E-state index in [0.29, 0.717) is 5.92 Å². The summed E-state index contributed by atoms with van der Waals surface area (Å²) in [6.45, 7) is 0.830. The molecule has 0 bridgehead atoms. The first-order valence-electron chi connectivity index (χ1n) is 7.17. The predicted molar refractivity (Wildman–Crippen MR) is 80.1 cm³/mol. The molecule has 2 atom stereocenters. The second-order valence-corrected chi connectivity index (χ2v) is 5.26. The molecule has 2 aromatic carbocycles. The average Bonchev–Trinajstić information content (AvgIpc) is 2.56. The SMILES string of the molecule is COc1ccc([C@H]2C[C@@H](c3ccccc3)CCO2)cc1. The van der Waals surface area contributed by atoms with E-state index in [1.54, 1.807) is 7.11 Å². The van der Waals surface area contributed by atoms with Crippen molar-refractivity contribution in [2.45, 2.75) is 24.9 Å². The molecule has 2 heteroatoms. The Bertz CT molecular complexity index is 533. The minimum atomic E-state index is 0.194. The van der Waals surface area contributed by atoms with E-state index < -0.39 is 0 Å². The Kier molecular flexibility index (Phi) is 4.03. The van der Waals surface area contributed by atoms with Crippen LogP contribution in [0.2, 0.25) is 0 Å². The second-order valence-electron chi connectivity index (χ2n) is 5.26. The van der Waals surface area contributed by atoms with Crippen LogP contribution in [0.1, 0.15) is 36.0 Å². The van der Waals surface area contributed by atoms with Crippen molar-refractivity contribution in [3.8, 4) is 5.75 Å². The van der Waals surface area contributed by atoms with Crippen molar-refractivity contribution in [1.29, 1.82) is 0 Å². The van der Waals surface area contributed by atoms with Gasteiger partial charge in [-0.3, -0.25) is 0 Å². The molecule has 0 amide bonds. The van der Waals surface area contributed by atoms with E-state index >= 15 is 0 Å². The quantitative estimate of drug-likeness (QED) is 0.825. The molecule has 20 heavy (non-hydrogen) atoms. The first-order valence-corrected chi connectivity index (χ1v) is 7.17. The van der Waals surface area contributed by atoms with Crippen LogP contribution in [0.3, 0.4) is 0 Å². The number of hydrogen-bond donors (Lipinski definition) is 0. The van der Waals surface area contributed by atoms with Crippen LogP contribution < -0.4 is 4.74 Å². The second kappa shape index (κ2) is 6.10. The molecule has 0 radical (unpaired) electrons. The molecule has 0 N–H and O–H groups in total. The van der Waals surface area contributed by atoms with E-state index in [0.717, 1.165) is 25.2 Å². The molecule has 0 unspecified atom stereocenters. The summed E-state index contributed by atoms with van der Waals surface area (Å²) in [5.74, 6) is 1.49. The summed E-state index contributed by atoms with van der Waals surface area (Å²) >= 11 is 0. The molecular weight excluding hydrogens is 248 g/mol. The fourth-order valence-electron chi connectivity index (χ4n) is 2.88. The number of benzene rings is 2. The third kappa shape index (κ3) is 2.86. The van der Waals surface area contributed by atoms with E-state index in [1.807, 2.05) is 12.1 Å². The molecule has 2 aromatic rings. The highest BCUT2D eigenvalue weighted by Gasteiger charge is 2.24. The van der Waals surface area contributed by atoms with Gasteiger partial charge in [0.05, 0.1) is 13.2 Å². The first-order chi connectivity index (χ1) is 9.86. The van der Waals surface area contributed by atoms with Crippen molar-refractivity contribution in [2.24, 2.45) is 0 Å². The summed E-state index contributed by atoms with van der Waals surface area (Å²) in [4.78, 5) is 0. The molecule has 0 aliphatic carbocycles. The Labute approximate surface area is 120 Å². The van der Waals surface area contributed by atoms with Gasteiger partial charge in [0.25, 0.3) is 0 Å². The van der Waals surface area contributed by atoms with Gasteiger partial charge in [-0.25, -0.2) is 0 Å². The van der Waals surface area contributed by atoms with Crippen LogP contribution >= 0.6 is 0 Å². The van der Waals surface area contributed by atoms with Crippen molar-refractivity contribution >= 4 is 0 Å². The topological polar surface area (TPSA) is 18.5 Å². The highest BCUT2D eigenvalue weighted by atomic mass is 16.5. The van der Waals surface area contributed by atoms with E-state index in [1.165, 1.54) is 11.1 Å². The van der Waals surface area contributed by atoms with E-state index in [4.69, 9.17) is 9.47 Å². The lowest BCUT2D eigenvalue weighted by Crippen LogP contribution is -2.18. The summed E-state index contributed by atoms with van der Waals surface area (Å²) in [6.07, 6.45) is 2.35. The third-order valence-electron chi connectivity index (χ3n) is 4.04. The van der Waals surface area contributed by atoms with Gasteiger partial charge >= 0.3 is 0 Å². The molecule has 2 nitrogen and oxygen atoms in total. The summed E-state index contributed by atoms with van der Waals surface area (Å²) in [5, 5.41) is 0.